The lowest BCUT2D eigenvalue weighted by Crippen LogP contribution is -2.49. The lowest BCUT2D eigenvalue weighted by molar-refractivity contribution is 0.0888. The van der Waals surface area contributed by atoms with Crippen LogP contribution in [0.1, 0.15) is 52.4 Å². The molecule has 0 bridgehead atoms. The number of hydrogen-bond acceptors (Lipinski definition) is 4. The van der Waals surface area contributed by atoms with Crippen LogP contribution in [-0.2, 0) is 9.47 Å². The maximum atomic E-state index is 5.77. The van der Waals surface area contributed by atoms with E-state index in [9.17, 15) is 0 Å². The molecule has 28 heavy (non-hydrogen) atoms. The van der Waals surface area contributed by atoms with Crippen LogP contribution in [0.5, 0.6) is 0 Å². The molecule has 6 nitrogen and oxygen atoms in total. The van der Waals surface area contributed by atoms with Crippen LogP contribution in [0.4, 0.5) is 0 Å². The fourth-order valence-electron chi connectivity index (χ4n) is 4.27. The number of guanidine groups is 1. The van der Waals surface area contributed by atoms with E-state index in [1.807, 2.05) is 7.05 Å². The monoisotopic (exact) mass is 510 g/mol. The summed E-state index contributed by atoms with van der Waals surface area (Å²) in [5.41, 5.74) is 0. The van der Waals surface area contributed by atoms with Gasteiger partial charge in [0.2, 0.25) is 0 Å². The van der Waals surface area contributed by atoms with Crippen LogP contribution in [0.15, 0.2) is 4.99 Å². The van der Waals surface area contributed by atoms with Gasteiger partial charge < -0.3 is 20.1 Å². The highest BCUT2D eigenvalue weighted by molar-refractivity contribution is 14.0. The molecule has 2 aliphatic heterocycles. The molecule has 0 spiro atoms. The summed E-state index contributed by atoms with van der Waals surface area (Å²) in [5.74, 6) is 2.26. The van der Waals surface area contributed by atoms with Gasteiger partial charge in [-0.05, 0) is 44.7 Å². The third kappa shape index (κ3) is 9.13. The second-order valence-corrected chi connectivity index (χ2v) is 7.92. The number of rotatable bonds is 12. The zero-order chi connectivity index (χ0) is 19.3. The van der Waals surface area contributed by atoms with Crippen LogP contribution in [0.3, 0.4) is 0 Å². The molecule has 0 radical (unpaired) electrons. The third-order valence-corrected chi connectivity index (χ3v) is 6.04. The number of nitrogens with zero attached hydrogens (tertiary/aromatic N) is 2. The van der Waals surface area contributed by atoms with Crippen LogP contribution < -0.4 is 10.6 Å². The van der Waals surface area contributed by atoms with E-state index in [-0.39, 0.29) is 24.0 Å². The Kier molecular flexibility index (Phi) is 14.5. The van der Waals surface area contributed by atoms with E-state index >= 15 is 0 Å². The van der Waals surface area contributed by atoms with E-state index in [0.29, 0.717) is 12.0 Å². The first-order chi connectivity index (χ1) is 13.3. The van der Waals surface area contributed by atoms with Crippen LogP contribution in [0.2, 0.25) is 0 Å². The Morgan fingerprint density at radius 2 is 1.96 bits per heavy atom. The molecule has 0 aromatic carbocycles. The Labute approximate surface area is 189 Å². The van der Waals surface area contributed by atoms with E-state index in [2.05, 4.69) is 34.4 Å². The second-order valence-electron chi connectivity index (χ2n) is 7.92. The van der Waals surface area contributed by atoms with Gasteiger partial charge in [-0.15, -0.1) is 24.0 Å². The van der Waals surface area contributed by atoms with Crippen molar-refractivity contribution in [3.63, 3.8) is 0 Å². The van der Waals surface area contributed by atoms with Gasteiger partial charge in [-0.1, -0.05) is 26.7 Å². The Morgan fingerprint density at radius 3 is 2.57 bits per heavy atom. The molecule has 2 unspecified atom stereocenters. The average Bonchev–Trinajstić information content (AvgIpc) is 3.40. The van der Waals surface area contributed by atoms with Crippen molar-refractivity contribution in [3.05, 3.63) is 0 Å². The first kappa shape index (κ1) is 25.9. The lowest BCUT2D eigenvalue weighted by Gasteiger charge is -2.34. The summed E-state index contributed by atoms with van der Waals surface area (Å²) in [6, 6.07) is 0.609. The smallest absolute Gasteiger partial charge is 0.191 e. The SMILES string of the molecule is CCC(CC)C(CNC(=NC)NCCCOCC1CCOC1)N1CCCC1.I. The van der Waals surface area contributed by atoms with Crippen molar-refractivity contribution in [2.24, 2.45) is 16.8 Å². The molecular weight excluding hydrogens is 467 g/mol. The van der Waals surface area contributed by atoms with E-state index < -0.39 is 0 Å². The van der Waals surface area contributed by atoms with Gasteiger partial charge in [-0.3, -0.25) is 9.89 Å². The van der Waals surface area contributed by atoms with Gasteiger partial charge in [-0.25, -0.2) is 0 Å². The van der Waals surface area contributed by atoms with E-state index in [1.54, 1.807) is 0 Å². The van der Waals surface area contributed by atoms with Gasteiger partial charge in [-0.2, -0.15) is 0 Å². The predicted octanol–water partition coefficient (Wildman–Crippen LogP) is 3.11. The summed E-state index contributed by atoms with van der Waals surface area (Å²) in [6.07, 6.45) is 7.32. The summed E-state index contributed by atoms with van der Waals surface area (Å²) in [4.78, 5) is 7.08. The van der Waals surface area contributed by atoms with Crippen molar-refractivity contribution < 1.29 is 9.47 Å². The molecule has 0 amide bonds. The summed E-state index contributed by atoms with van der Waals surface area (Å²) < 4.78 is 11.1. The standard InChI is InChI=1S/C21H42N4O2.HI/c1-4-19(5-2)20(25-11-6-7-12-25)15-24-21(22-3)23-10-8-13-26-16-18-9-14-27-17-18;/h18-20H,4-17H2,1-3H3,(H2,22,23,24);1H. The third-order valence-electron chi connectivity index (χ3n) is 6.04. The molecule has 2 saturated heterocycles. The van der Waals surface area contributed by atoms with Crippen LogP contribution >= 0.6 is 24.0 Å². The highest BCUT2D eigenvalue weighted by Crippen LogP contribution is 2.22. The lowest BCUT2D eigenvalue weighted by atomic mass is 9.93. The zero-order valence-electron chi connectivity index (χ0n) is 18.3. The Bertz CT molecular complexity index is 407. The highest BCUT2D eigenvalue weighted by Gasteiger charge is 2.27. The zero-order valence-corrected chi connectivity index (χ0v) is 20.6. The molecule has 2 rings (SSSR count). The van der Waals surface area contributed by atoms with Crippen molar-refractivity contribution in [1.29, 1.82) is 0 Å². The molecule has 2 fully saturated rings. The molecule has 2 N–H and O–H groups in total. The first-order valence-electron chi connectivity index (χ1n) is 11.1. The fraction of sp³-hybridized carbons (Fsp3) is 0.952. The number of aliphatic imine (C=N–C) groups is 1. The van der Waals surface area contributed by atoms with Gasteiger partial charge >= 0.3 is 0 Å². The van der Waals surface area contributed by atoms with Crippen LogP contribution in [0, 0.1) is 11.8 Å². The maximum absolute atomic E-state index is 5.77. The van der Waals surface area contributed by atoms with Gasteiger partial charge in [0.15, 0.2) is 5.96 Å². The Morgan fingerprint density at radius 1 is 1.21 bits per heavy atom. The molecule has 7 heteroatoms. The maximum Gasteiger partial charge on any atom is 0.191 e. The number of halogens is 1. The van der Waals surface area contributed by atoms with E-state index in [0.717, 1.165) is 64.2 Å². The molecular formula is C21H43IN4O2. The van der Waals surface area contributed by atoms with Crippen molar-refractivity contribution in [3.8, 4) is 0 Å². The molecule has 0 saturated carbocycles. The average molecular weight is 511 g/mol. The first-order valence-corrected chi connectivity index (χ1v) is 11.1. The van der Waals surface area contributed by atoms with Gasteiger partial charge in [0.25, 0.3) is 0 Å². The molecule has 2 heterocycles. The van der Waals surface area contributed by atoms with Crippen molar-refractivity contribution >= 4 is 29.9 Å². The topological polar surface area (TPSA) is 58.1 Å². The minimum absolute atomic E-state index is 0. The summed E-state index contributed by atoms with van der Waals surface area (Å²) in [6.45, 7) is 12.4. The summed E-state index contributed by atoms with van der Waals surface area (Å²) in [7, 11) is 1.86. The molecule has 2 aliphatic rings. The largest absolute Gasteiger partial charge is 0.381 e. The fourth-order valence-corrected chi connectivity index (χ4v) is 4.27. The number of likely N-dealkylation sites (tertiary alicyclic amines) is 1. The normalized spacial score (nSPS) is 21.7. The highest BCUT2D eigenvalue weighted by atomic mass is 127. The molecule has 2 atom stereocenters. The number of hydrogen-bond donors (Lipinski definition) is 2. The van der Waals surface area contributed by atoms with E-state index in [1.165, 1.54) is 38.8 Å². The van der Waals surface area contributed by atoms with Gasteiger partial charge in [0, 0.05) is 45.3 Å². The van der Waals surface area contributed by atoms with Crippen molar-refractivity contribution in [1.82, 2.24) is 15.5 Å². The Hall–Kier alpha value is -0.120. The van der Waals surface area contributed by atoms with Gasteiger partial charge in [0.1, 0.15) is 0 Å². The molecule has 166 valence electrons. The second kappa shape index (κ2) is 15.7. The molecule has 0 aliphatic carbocycles. The quantitative estimate of drug-likeness (QED) is 0.183. The minimum atomic E-state index is 0. The minimum Gasteiger partial charge on any atom is -0.381 e. The predicted molar refractivity (Wildman–Crippen MR) is 128 cm³/mol. The molecule has 0 aromatic rings. The van der Waals surface area contributed by atoms with Crippen molar-refractivity contribution in [2.45, 2.75) is 58.4 Å². The summed E-state index contributed by atoms with van der Waals surface area (Å²) in [5, 5.41) is 7.01. The van der Waals surface area contributed by atoms with Crippen LogP contribution in [-0.4, -0.2) is 76.6 Å². The number of nitrogens with one attached hydrogen (secondary N) is 2. The van der Waals surface area contributed by atoms with Crippen LogP contribution in [0.25, 0.3) is 0 Å². The number of ether oxygens (including phenoxy) is 2. The van der Waals surface area contributed by atoms with Gasteiger partial charge in [0.05, 0.1) is 13.2 Å². The Balaban J connectivity index is 0.00000392. The van der Waals surface area contributed by atoms with Crippen molar-refractivity contribution in [2.75, 3.05) is 59.7 Å². The van der Waals surface area contributed by atoms with E-state index in [4.69, 9.17) is 9.47 Å². The summed E-state index contributed by atoms with van der Waals surface area (Å²) >= 11 is 0. The molecule has 0 aromatic heterocycles.